The molecule has 1 aromatic heterocycles. The van der Waals surface area contributed by atoms with Crippen LogP contribution in [0.15, 0.2) is 29.6 Å². The van der Waals surface area contributed by atoms with E-state index in [1.807, 2.05) is 5.38 Å². The monoisotopic (exact) mass is 262 g/mol. The molecule has 0 fully saturated rings. The lowest BCUT2D eigenvalue weighted by molar-refractivity contribution is 0.266. The highest BCUT2D eigenvalue weighted by Gasteiger charge is 2.10. The SMILES string of the molecule is CC(C)c1ccc(-c2nc(C(N)CO)cs2)cc1. The molecule has 0 aliphatic carbocycles. The van der Waals surface area contributed by atoms with E-state index in [1.54, 1.807) is 11.3 Å². The van der Waals surface area contributed by atoms with E-state index in [2.05, 4.69) is 43.1 Å². The number of rotatable bonds is 4. The molecule has 0 aliphatic rings. The van der Waals surface area contributed by atoms with Crippen LogP contribution in [0, 0.1) is 0 Å². The molecule has 96 valence electrons. The second-order valence-corrected chi connectivity index (χ2v) is 5.50. The van der Waals surface area contributed by atoms with E-state index in [9.17, 15) is 0 Å². The standard InChI is InChI=1S/C14H18N2OS/c1-9(2)10-3-5-11(6-4-10)14-16-13(8-18-14)12(15)7-17/h3-6,8-9,12,17H,7,15H2,1-2H3. The summed E-state index contributed by atoms with van der Waals surface area (Å²) in [5.41, 5.74) is 8.92. The van der Waals surface area contributed by atoms with Crippen molar-refractivity contribution >= 4 is 11.3 Å². The normalized spacial score (nSPS) is 12.9. The Bertz CT molecular complexity index is 505. The van der Waals surface area contributed by atoms with Gasteiger partial charge in [0.15, 0.2) is 0 Å². The van der Waals surface area contributed by atoms with Crippen LogP contribution in [0.3, 0.4) is 0 Å². The number of nitrogens with zero attached hydrogens (tertiary/aromatic N) is 1. The van der Waals surface area contributed by atoms with Crippen LogP contribution in [0.1, 0.15) is 37.1 Å². The van der Waals surface area contributed by atoms with Crippen LogP contribution in [0.5, 0.6) is 0 Å². The van der Waals surface area contributed by atoms with E-state index < -0.39 is 0 Å². The van der Waals surface area contributed by atoms with Gasteiger partial charge in [0.2, 0.25) is 0 Å². The fraction of sp³-hybridized carbons (Fsp3) is 0.357. The molecule has 1 atom stereocenters. The van der Waals surface area contributed by atoms with E-state index in [-0.39, 0.29) is 12.6 Å². The van der Waals surface area contributed by atoms with E-state index in [4.69, 9.17) is 10.8 Å². The van der Waals surface area contributed by atoms with E-state index in [0.29, 0.717) is 5.92 Å². The maximum Gasteiger partial charge on any atom is 0.123 e. The van der Waals surface area contributed by atoms with Crippen molar-refractivity contribution in [1.82, 2.24) is 4.98 Å². The fourth-order valence-corrected chi connectivity index (χ4v) is 2.58. The molecule has 0 aliphatic heterocycles. The predicted octanol–water partition coefficient (Wildman–Crippen LogP) is 2.93. The summed E-state index contributed by atoms with van der Waals surface area (Å²) < 4.78 is 0. The Morgan fingerprint density at radius 2 is 1.94 bits per heavy atom. The second kappa shape index (κ2) is 5.61. The minimum atomic E-state index is -0.384. The molecule has 4 heteroatoms. The Kier molecular flexibility index (Phi) is 4.11. The first-order valence-corrected chi connectivity index (χ1v) is 6.92. The largest absolute Gasteiger partial charge is 0.394 e. The van der Waals surface area contributed by atoms with Gasteiger partial charge in [-0.2, -0.15) is 0 Å². The molecular weight excluding hydrogens is 244 g/mol. The van der Waals surface area contributed by atoms with Gasteiger partial charge in [0.25, 0.3) is 0 Å². The van der Waals surface area contributed by atoms with Gasteiger partial charge < -0.3 is 10.8 Å². The highest BCUT2D eigenvalue weighted by Crippen LogP contribution is 2.27. The molecule has 0 spiro atoms. The predicted molar refractivity (Wildman–Crippen MR) is 75.7 cm³/mol. The van der Waals surface area contributed by atoms with E-state index in [0.717, 1.165) is 16.3 Å². The molecule has 3 N–H and O–H groups in total. The molecule has 0 amide bonds. The summed E-state index contributed by atoms with van der Waals surface area (Å²) in [6.07, 6.45) is 0. The van der Waals surface area contributed by atoms with Gasteiger partial charge in [-0.3, -0.25) is 0 Å². The number of nitrogens with two attached hydrogens (primary N) is 1. The quantitative estimate of drug-likeness (QED) is 0.890. The third-order valence-corrected chi connectivity index (χ3v) is 3.83. The summed E-state index contributed by atoms with van der Waals surface area (Å²) in [4.78, 5) is 4.46. The van der Waals surface area contributed by atoms with E-state index in [1.165, 1.54) is 5.56 Å². The summed E-state index contributed by atoms with van der Waals surface area (Å²) in [5.74, 6) is 0.536. The molecule has 1 unspecified atom stereocenters. The molecule has 0 saturated carbocycles. The number of aliphatic hydroxyl groups is 1. The minimum absolute atomic E-state index is 0.0739. The minimum Gasteiger partial charge on any atom is -0.394 e. The number of thiazole rings is 1. The second-order valence-electron chi connectivity index (χ2n) is 4.64. The molecule has 2 rings (SSSR count). The molecule has 3 nitrogen and oxygen atoms in total. The molecule has 18 heavy (non-hydrogen) atoms. The summed E-state index contributed by atoms with van der Waals surface area (Å²) in [6, 6.07) is 8.05. The topological polar surface area (TPSA) is 59.1 Å². The van der Waals surface area contributed by atoms with Crippen molar-refractivity contribution in [2.24, 2.45) is 5.73 Å². The Balaban J connectivity index is 2.23. The highest BCUT2D eigenvalue weighted by molar-refractivity contribution is 7.13. The van der Waals surface area contributed by atoms with Gasteiger partial charge in [0.05, 0.1) is 18.3 Å². The zero-order valence-electron chi connectivity index (χ0n) is 10.6. The summed E-state index contributed by atoms with van der Waals surface area (Å²) >= 11 is 1.56. The van der Waals surface area contributed by atoms with Gasteiger partial charge in [-0.1, -0.05) is 38.1 Å². The first kappa shape index (κ1) is 13.2. The van der Waals surface area contributed by atoms with Crippen molar-refractivity contribution < 1.29 is 5.11 Å². The van der Waals surface area contributed by atoms with E-state index >= 15 is 0 Å². The lowest BCUT2D eigenvalue weighted by Crippen LogP contribution is -2.14. The zero-order chi connectivity index (χ0) is 13.1. The maximum atomic E-state index is 9.01. The van der Waals surface area contributed by atoms with Crippen LogP contribution in [-0.2, 0) is 0 Å². The average molecular weight is 262 g/mol. The van der Waals surface area contributed by atoms with Crippen LogP contribution in [0.2, 0.25) is 0 Å². The molecule has 1 aromatic carbocycles. The Morgan fingerprint density at radius 1 is 1.28 bits per heavy atom. The van der Waals surface area contributed by atoms with Crippen molar-refractivity contribution in [2.45, 2.75) is 25.8 Å². The summed E-state index contributed by atoms with van der Waals surface area (Å²) in [5, 5.41) is 11.9. The Morgan fingerprint density at radius 3 is 2.50 bits per heavy atom. The van der Waals surface area contributed by atoms with Crippen molar-refractivity contribution in [3.8, 4) is 10.6 Å². The van der Waals surface area contributed by atoms with Gasteiger partial charge in [0, 0.05) is 10.9 Å². The first-order chi connectivity index (χ1) is 8.61. The summed E-state index contributed by atoms with van der Waals surface area (Å²) in [6.45, 7) is 4.28. The Hall–Kier alpha value is -1.23. The van der Waals surface area contributed by atoms with Gasteiger partial charge >= 0.3 is 0 Å². The van der Waals surface area contributed by atoms with Gasteiger partial charge in [-0.15, -0.1) is 11.3 Å². The first-order valence-electron chi connectivity index (χ1n) is 6.04. The molecule has 2 aromatic rings. The lowest BCUT2D eigenvalue weighted by Gasteiger charge is -2.05. The molecule has 0 radical (unpaired) electrons. The van der Waals surface area contributed by atoms with Crippen molar-refractivity contribution in [2.75, 3.05) is 6.61 Å². The number of aromatic nitrogens is 1. The number of benzene rings is 1. The smallest absolute Gasteiger partial charge is 0.123 e. The van der Waals surface area contributed by atoms with Crippen molar-refractivity contribution in [3.05, 3.63) is 40.9 Å². The van der Waals surface area contributed by atoms with Gasteiger partial charge in [-0.05, 0) is 11.5 Å². The van der Waals surface area contributed by atoms with Crippen molar-refractivity contribution in [3.63, 3.8) is 0 Å². The molecule has 0 bridgehead atoms. The zero-order valence-corrected chi connectivity index (χ0v) is 11.4. The van der Waals surface area contributed by atoms with Gasteiger partial charge in [0.1, 0.15) is 5.01 Å². The third-order valence-electron chi connectivity index (χ3n) is 2.92. The molecule has 0 saturated heterocycles. The average Bonchev–Trinajstić information content (AvgIpc) is 2.87. The maximum absolute atomic E-state index is 9.01. The van der Waals surface area contributed by atoms with Crippen LogP contribution < -0.4 is 5.73 Å². The third kappa shape index (κ3) is 2.77. The highest BCUT2D eigenvalue weighted by atomic mass is 32.1. The Labute approximate surface area is 111 Å². The molecule has 1 heterocycles. The summed E-state index contributed by atoms with van der Waals surface area (Å²) in [7, 11) is 0. The number of hydrogen-bond acceptors (Lipinski definition) is 4. The number of aliphatic hydroxyl groups excluding tert-OH is 1. The van der Waals surface area contributed by atoms with Crippen molar-refractivity contribution in [1.29, 1.82) is 0 Å². The fourth-order valence-electron chi connectivity index (χ4n) is 1.69. The van der Waals surface area contributed by atoms with Crippen LogP contribution in [0.4, 0.5) is 0 Å². The van der Waals surface area contributed by atoms with Gasteiger partial charge in [-0.25, -0.2) is 4.98 Å². The van der Waals surface area contributed by atoms with Crippen LogP contribution >= 0.6 is 11.3 Å². The molecular formula is C14H18N2OS. The number of hydrogen-bond donors (Lipinski definition) is 2. The lowest BCUT2D eigenvalue weighted by atomic mass is 10.0. The van der Waals surface area contributed by atoms with Crippen LogP contribution in [-0.4, -0.2) is 16.7 Å². The van der Waals surface area contributed by atoms with Crippen LogP contribution in [0.25, 0.3) is 10.6 Å².